The first kappa shape index (κ1) is 19.1. The lowest BCUT2D eigenvalue weighted by molar-refractivity contribution is -0.132. The highest BCUT2D eigenvalue weighted by molar-refractivity contribution is 5.85. The van der Waals surface area contributed by atoms with Crippen LogP contribution in [0.5, 0.6) is 0 Å². The second-order valence-corrected chi connectivity index (χ2v) is 4.46. The third-order valence-corrected chi connectivity index (χ3v) is 2.89. The van der Waals surface area contributed by atoms with Crippen molar-refractivity contribution in [3.05, 3.63) is 0 Å². The van der Waals surface area contributed by atoms with E-state index in [1.165, 1.54) is 12.8 Å². The van der Waals surface area contributed by atoms with Crippen LogP contribution in [0.1, 0.15) is 52.9 Å². The Kier molecular flexibility index (Phi) is 13.7. The molecular formula is C13H29ClN2O. The van der Waals surface area contributed by atoms with Crippen LogP contribution in [0, 0.1) is 0 Å². The van der Waals surface area contributed by atoms with E-state index in [4.69, 9.17) is 0 Å². The molecule has 3 nitrogen and oxygen atoms in total. The molecule has 0 heterocycles. The fourth-order valence-electron chi connectivity index (χ4n) is 1.95. The zero-order valence-electron chi connectivity index (χ0n) is 11.8. The van der Waals surface area contributed by atoms with E-state index in [2.05, 4.69) is 26.1 Å². The van der Waals surface area contributed by atoms with E-state index in [9.17, 15) is 4.79 Å². The second kappa shape index (κ2) is 12.2. The number of nitrogens with zero attached hydrogens (tertiary/aromatic N) is 1. The van der Waals surface area contributed by atoms with Gasteiger partial charge in [0.05, 0.1) is 6.54 Å². The molecule has 0 aliphatic carbocycles. The minimum atomic E-state index is 0. The van der Waals surface area contributed by atoms with Gasteiger partial charge in [-0.15, -0.1) is 12.4 Å². The first-order valence-electron chi connectivity index (χ1n) is 6.61. The SMILES string of the molecule is CCCCCN(C(=O)CNC)C(C)CCC.Cl. The first-order valence-corrected chi connectivity index (χ1v) is 6.61. The summed E-state index contributed by atoms with van der Waals surface area (Å²) in [5.74, 6) is 0.236. The van der Waals surface area contributed by atoms with Crippen LogP contribution in [0.4, 0.5) is 0 Å². The van der Waals surface area contributed by atoms with Crippen molar-refractivity contribution in [3.63, 3.8) is 0 Å². The van der Waals surface area contributed by atoms with Crippen LogP contribution in [-0.2, 0) is 4.79 Å². The average Bonchev–Trinajstić information content (AvgIpc) is 2.25. The Balaban J connectivity index is 0. The Bertz CT molecular complexity index is 188. The van der Waals surface area contributed by atoms with Crippen LogP contribution in [0.2, 0.25) is 0 Å². The highest BCUT2D eigenvalue weighted by Gasteiger charge is 2.17. The topological polar surface area (TPSA) is 32.3 Å². The molecule has 0 spiro atoms. The molecule has 0 radical (unpaired) electrons. The molecule has 17 heavy (non-hydrogen) atoms. The Labute approximate surface area is 113 Å². The molecule has 0 fully saturated rings. The summed E-state index contributed by atoms with van der Waals surface area (Å²) in [6.45, 7) is 7.89. The van der Waals surface area contributed by atoms with E-state index in [1.54, 1.807) is 0 Å². The van der Waals surface area contributed by atoms with E-state index in [0.29, 0.717) is 12.6 Å². The highest BCUT2D eigenvalue weighted by atomic mass is 35.5. The summed E-state index contributed by atoms with van der Waals surface area (Å²) in [5.41, 5.74) is 0. The van der Waals surface area contributed by atoms with Gasteiger partial charge >= 0.3 is 0 Å². The van der Waals surface area contributed by atoms with Crippen molar-refractivity contribution in [2.75, 3.05) is 20.1 Å². The third kappa shape index (κ3) is 8.44. The second-order valence-electron chi connectivity index (χ2n) is 4.46. The third-order valence-electron chi connectivity index (χ3n) is 2.89. The van der Waals surface area contributed by atoms with E-state index in [1.807, 2.05) is 11.9 Å². The smallest absolute Gasteiger partial charge is 0.236 e. The van der Waals surface area contributed by atoms with Crippen LogP contribution >= 0.6 is 12.4 Å². The van der Waals surface area contributed by atoms with Crippen molar-refractivity contribution in [3.8, 4) is 0 Å². The molecule has 0 aliphatic heterocycles. The van der Waals surface area contributed by atoms with Gasteiger partial charge in [-0.3, -0.25) is 4.79 Å². The zero-order chi connectivity index (χ0) is 12.4. The molecule has 1 amide bonds. The molecule has 0 saturated heterocycles. The molecule has 1 atom stereocenters. The Morgan fingerprint density at radius 2 is 1.88 bits per heavy atom. The van der Waals surface area contributed by atoms with Crippen molar-refractivity contribution in [1.82, 2.24) is 10.2 Å². The van der Waals surface area contributed by atoms with Gasteiger partial charge < -0.3 is 10.2 Å². The lowest BCUT2D eigenvalue weighted by Gasteiger charge is -2.29. The molecule has 0 aromatic heterocycles. The van der Waals surface area contributed by atoms with E-state index in [-0.39, 0.29) is 18.3 Å². The lowest BCUT2D eigenvalue weighted by Crippen LogP contribution is -2.43. The molecule has 0 bridgehead atoms. The van der Waals surface area contributed by atoms with Gasteiger partial charge in [-0.1, -0.05) is 33.1 Å². The Morgan fingerprint density at radius 1 is 1.24 bits per heavy atom. The minimum absolute atomic E-state index is 0. The Morgan fingerprint density at radius 3 is 2.35 bits per heavy atom. The number of nitrogens with one attached hydrogen (secondary N) is 1. The van der Waals surface area contributed by atoms with Crippen LogP contribution in [0.25, 0.3) is 0 Å². The molecule has 0 saturated carbocycles. The number of unbranched alkanes of at least 4 members (excludes halogenated alkanes) is 2. The van der Waals surface area contributed by atoms with Crippen molar-refractivity contribution in [1.29, 1.82) is 0 Å². The molecule has 104 valence electrons. The number of amides is 1. The lowest BCUT2D eigenvalue weighted by atomic mass is 10.1. The monoisotopic (exact) mass is 264 g/mol. The predicted molar refractivity (Wildman–Crippen MR) is 76.8 cm³/mol. The maximum atomic E-state index is 11.9. The number of carbonyl (C=O) groups is 1. The van der Waals surface area contributed by atoms with Crippen molar-refractivity contribution in [2.45, 2.75) is 58.9 Å². The number of carbonyl (C=O) groups excluding carboxylic acids is 1. The van der Waals surface area contributed by atoms with Gasteiger partial charge in [0.2, 0.25) is 5.91 Å². The van der Waals surface area contributed by atoms with Crippen LogP contribution in [0.15, 0.2) is 0 Å². The van der Waals surface area contributed by atoms with E-state index < -0.39 is 0 Å². The van der Waals surface area contributed by atoms with E-state index in [0.717, 1.165) is 25.8 Å². The van der Waals surface area contributed by atoms with Gasteiger partial charge in [0, 0.05) is 12.6 Å². The van der Waals surface area contributed by atoms with Crippen molar-refractivity contribution in [2.24, 2.45) is 0 Å². The summed E-state index contributed by atoms with van der Waals surface area (Å²) >= 11 is 0. The fourth-order valence-corrected chi connectivity index (χ4v) is 1.95. The van der Waals surface area contributed by atoms with Crippen molar-refractivity contribution < 1.29 is 4.79 Å². The minimum Gasteiger partial charge on any atom is -0.339 e. The van der Waals surface area contributed by atoms with Crippen LogP contribution in [-0.4, -0.2) is 37.0 Å². The molecular weight excluding hydrogens is 236 g/mol. The van der Waals surface area contributed by atoms with Gasteiger partial charge in [0.1, 0.15) is 0 Å². The van der Waals surface area contributed by atoms with Gasteiger partial charge in [-0.05, 0) is 26.8 Å². The van der Waals surface area contributed by atoms with Gasteiger partial charge in [0.15, 0.2) is 0 Å². The van der Waals surface area contributed by atoms with Crippen molar-refractivity contribution >= 4 is 18.3 Å². The molecule has 0 aromatic rings. The van der Waals surface area contributed by atoms with Crippen LogP contribution < -0.4 is 5.32 Å². The predicted octanol–water partition coefficient (Wildman–Crippen LogP) is 2.84. The summed E-state index contributed by atoms with van der Waals surface area (Å²) in [6, 6.07) is 0.378. The summed E-state index contributed by atoms with van der Waals surface area (Å²) in [4.78, 5) is 14.0. The Hall–Kier alpha value is -0.280. The maximum absolute atomic E-state index is 11.9. The quantitative estimate of drug-likeness (QED) is 0.650. The summed E-state index contributed by atoms with van der Waals surface area (Å²) in [5, 5.41) is 2.94. The maximum Gasteiger partial charge on any atom is 0.236 e. The summed E-state index contributed by atoms with van der Waals surface area (Å²) in [6.07, 6.45) is 5.78. The van der Waals surface area contributed by atoms with Gasteiger partial charge in [-0.25, -0.2) is 0 Å². The molecule has 4 heteroatoms. The van der Waals surface area contributed by atoms with Gasteiger partial charge in [0.25, 0.3) is 0 Å². The molecule has 0 aliphatic rings. The standard InChI is InChI=1S/C13H28N2O.ClH/c1-5-7-8-10-15(12(3)9-6-2)13(16)11-14-4;/h12,14H,5-11H2,1-4H3;1H. The fraction of sp³-hybridized carbons (Fsp3) is 0.923. The van der Waals surface area contributed by atoms with Crippen LogP contribution in [0.3, 0.4) is 0 Å². The number of halogens is 1. The number of hydrogen-bond acceptors (Lipinski definition) is 2. The largest absolute Gasteiger partial charge is 0.339 e. The number of likely N-dealkylation sites (N-methyl/N-ethyl adjacent to an activating group) is 1. The summed E-state index contributed by atoms with van der Waals surface area (Å²) < 4.78 is 0. The molecule has 1 unspecified atom stereocenters. The molecule has 1 N–H and O–H groups in total. The average molecular weight is 265 g/mol. The van der Waals surface area contributed by atoms with E-state index >= 15 is 0 Å². The molecule has 0 rings (SSSR count). The zero-order valence-corrected chi connectivity index (χ0v) is 12.6. The summed E-state index contributed by atoms with van der Waals surface area (Å²) in [7, 11) is 1.83. The highest BCUT2D eigenvalue weighted by Crippen LogP contribution is 2.09. The van der Waals surface area contributed by atoms with Gasteiger partial charge in [-0.2, -0.15) is 0 Å². The number of rotatable bonds is 9. The number of hydrogen-bond donors (Lipinski definition) is 1. The first-order chi connectivity index (χ1) is 7.67. The molecule has 0 aromatic carbocycles. The normalized spacial score (nSPS) is 11.8.